The molecule has 190 valence electrons. The Hall–Kier alpha value is -2.85. The normalized spacial score (nSPS) is 16.1. The molecule has 0 aliphatic carbocycles. The van der Waals surface area contributed by atoms with E-state index in [9.17, 15) is 27.6 Å². The smallest absolute Gasteiger partial charge is 0.410 e. The number of halogens is 4. The number of ether oxygens (including phenoxy) is 2. The van der Waals surface area contributed by atoms with E-state index in [1.165, 1.54) is 11.8 Å². The van der Waals surface area contributed by atoms with Crippen molar-refractivity contribution < 1.29 is 41.4 Å². The summed E-state index contributed by atoms with van der Waals surface area (Å²) in [5, 5.41) is 0. The first-order valence-electron chi connectivity index (χ1n) is 10.8. The number of carbonyl (C=O) groups is 3. The third-order valence-electron chi connectivity index (χ3n) is 5.39. The first kappa shape index (κ1) is 27.4. The lowest BCUT2D eigenvalue weighted by Crippen LogP contribution is -2.46. The van der Waals surface area contributed by atoms with Gasteiger partial charge in [-0.1, -0.05) is 6.92 Å². The zero-order valence-corrected chi connectivity index (χ0v) is 19.9. The fourth-order valence-electron chi connectivity index (χ4n) is 3.79. The number of nitrogens with zero attached hydrogens (tertiary/aromatic N) is 2. The van der Waals surface area contributed by atoms with Crippen molar-refractivity contribution in [1.29, 1.82) is 0 Å². The van der Waals surface area contributed by atoms with Crippen LogP contribution in [0.15, 0.2) is 12.1 Å². The van der Waals surface area contributed by atoms with E-state index in [-0.39, 0.29) is 55.1 Å². The molecule has 1 aromatic rings. The van der Waals surface area contributed by atoms with Gasteiger partial charge in [0.2, 0.25) is 6.41 Å². The number of ketones is 1. The topological polar surface area (TPSA) is 76.2 Å². The average molecular weight is 490 g/mol. The number of hydrogen-bond donors (Lipinski definition) is 0. The van der Waals surface area contributed by atoms with Crippen molar-refractivity contribution in [3.63, 3.8) is 0 Å². The van der Waals surface area contributed by atoms with Gasteiger partial charge in [0.25, 0.3) is 0 Å². The van der Waals surface area contributed by atoms with Crippen LogP contribution in [0, 0.1) is 5.82 Å². The van der Waals surface area contributed by atoms with Gasteiger partial charge in [-0.05, 0) is 40.5 Å². The van der Waals surface area contributed by atoms with Crippen LogP contribution >= 0.6 is 0 Å². The maximum absolute atomic E-state index is 15.4. The Labute approximate surface area is 196 Å². The highest BCUT2D eigenvalue weighted by Gasteiger charge is 2.41. The average Bonchev–Trinajstić information content (AvgIpc) is 2.68. The predicted octanol–water partition coefficient (Wildman–Crippen LogP) is 4.61. The minimum atomic E-state index is -4.73. The van der Waals surface area contributed by atoms with Gasteiger partial charge in [0.1, 0.15) is 30.3 Å². The second-order valence-corrected chi connectivity index (χ2v) is 9.67. The van der Waals surface area contributed by atoms with Crippen LogP contribution in [0.1, 0.15) is 53.0 Å². The molecule has 1 heterocycles. The summed E-state index contributed by atoms with van der Waals surface area (Å²) in [6, 6.07) is 2.12. The molecule has 2 rings (SSSR count). The van der Waals surface area contributed by atoms with E-state index in [0.29, 0.717) is 4.90 Å². The number of rotatable bonds is 7. The second-order valence-electron chi connectivity index (χ2n) is 9.67. The second kappa shape index (κ2) is 10.2. The molecule has 1 saturated heterocycles. The van der Waals surface area contributed by atoms with Crippen molar-refractivity contribution in [1.82, 2.24) is 4.90 Å². The molecule has 0 spiro atoms. The third kappa shape index (κ3) is 7.33. The molecule has 34 heavy (non-hydrogen) atoms. The molecule has 0 saturated carbocycles. The molecule has 2 amide bonds. The lowest BCUT2D eigenvalue weighted by atomic mass is 9.73. The Morgan fingerprint density at radius 3 is 2.24 bits per heavy atom. The van der Waals surface area contributed by atoms with Crippen LogP contribution in [-0.2, 0) is 19.7 Å². The zero-order chi connectivity index (χ0) is 25.9. The van der Waals surface area contributed by atoms with Crippen LogP contribution in [-0.4, -0.2) is 61.2 Å². The Morgan fingerprint density at radius 1 is 1.18 bits per heavy atom. The SMILES string of the molecule is CC(=O)COc1cc(F)c(C2(C)CCN(C(=O)OC(C)(C)C)CC2)c(N(C=O)CC(F)(F)F)c1. The van der Waals surface area contributed by atoms with Gasteiger partial charge in [0.15, 0.2) is 5.78 Å². The molecule has 0 aromatic heterocycles. The van der Waals surface area contributed by atoms with Crippen molar-refractivity contribution in [3.8, 4) is 5.75 Å². The minimum absolute atomic E-state index is 0.0142. The van der Waals surface area contributed by atoms with Crippen LogP contribution < -0.4 is 9.64 Å². The number of benzene rings is 1. The van der Waals surface area contributed by atoms with Gasteiger partial charge < -0.3 is 19.3 Å². The molecule has 0 radical (unpaired) electrons. The highest BCUT2D eigenvalue weighted by Crippen LogP contribution is 2.44. The number of Topliss-reactive ketones (excluding diaryl/α,β-unsaturated/α-hetero) is 1. The summed E-state index contributed by atoms with van der Waals surface area (Å²) in [6.07, 6.45) is -4.83. The van der Waals surface area contributed by atoms with E-state index >= 15 is 4.39 Å². The van der Waals surface area contributed by atoms with Gasteiger partial charge in [-0.15, -0.1) is 0 Å². The molecule has 11 heteroatoms. The summed E-state index contributed by atoms with van der Waals surface area (Å²) in [6.45, 7) is 6.45. The summed E-state index contributed by atoms with van der Waals surface area (Å²) in [5.74, 6) is -1.40. The Morgan fingerprint density at radius 2 is 1.76 bits per heavy atom. The fourth-order valence-corrected chi connectivity index (χ4v) is 3.79. The molecule has 0 N–H and O–H groups in total. The summed E-state index contributed by atoms with van der Waals surface area (Å²) < 4.78 is 65.4. The molecule has 0 unspecified atom stereocenters. The Kier molecular flexibility index (Phi) is 8.21. The van der Waals surface area contributed by atoms with E-state index < -0.39 is 42.3 Å². The number of amides is 2. The Bertz CT molecular complexity index is 919. The highest BCUT2D eigenvalue weighted by molar-refractivity contribution is 5.80. The van der Waals surface area contributed by atoms with Crippen LogP contribution in [0.3, 0.4) is 0 Å². The monoisotopic (exact) mass is 490 g/mol. The first-order valence-corrected chi connectivity index (χ1v) is 10.8. The molecular weight excluding hydrogens is 460 g/mol. The highest BCUT2D eigenvalue weighted by atomic mass is 19.4. The van der Waals surface area contributed by atoms with Gasteiger partial charge in [-0.25, -0.2) is 9.18 Å². The van der Waals surface area contributed by atoms with Gasteiger partial charge in [-0.2, -0.15) is 13.2 Å². The molecule has 1 aromatic carbocycles. The molecule has 7 nitrogen and oxygen atoms in total. The van der Waals surface area contributed by atoms with Crippen LogP contribution in [0.2, 0.25) is 0 Å². The van der Waals surface area contributed by atoms with Gasteiger partial charge in [0, 0.05) is 36.2 Å². The maximum atomic E-state index is 15.4. The van der Waals surface area contributed by atoms with E-state index in [4.69, 9.17) is 9.47 Å². The number of piperidine rings is 1. The molecule has 1 aliphatic rings. The summed E-state index contributed by atoms with van der Waals surface area (Å²) in [4.78, 5) is 37.1. The zero-order valence-electron chi connectivity index (χ0n) is 19.9. The standard InChI is InChI=1S/C23H30F4N2O5/c1-15(31)12-33-16-10-17(24)19(18(11-16)29(14-30)13-23(25,26)27)22(5)6-8-28(9-7-22)20(32)34-21(2,3)4/h10-11,14H,6-9,12-13H2,1-5H3. The van der Waals surface area contributed by atoms with E-state index in [2.05, 4.69) is 0 Å². The van der Waals surface area contributed by atoms with Crippen LogP contribution in [0.4, 0.5) is 28.0 Å². The van der Waals surface area contributed by atoms with E-state index in [1.807, 2.05) is 0 Å². The summed E-state index contributed by atoms with van der Waals surface area (Å²) in [5.41, 5.74) is -2.05. The lowest BCUT2D eigenvalue weighted by molar-refractivity contribution is -0.126. The first-order chi connectivity index (χ1) is 15.5. The Balaban J connectivity index is 2.43. The van der Waals surface area contributed by atoms with Crippen molar-refractivity contribution in [2.45, 2.75) is 64.7 Å². The number of hydrogen-bond acceptors (Lipinski definition) is 5. The van der Waals surface area contributed by atoms with E-state index in [1.54, 1.807) is 27.7 Å². The van der Waals surface area contributed by atoms with Crippen molar-refractivity contribution in [2.24, 2.45) is 0 Å². The maximum Gasteiger partial charge on any atom is 0.410 e. The largest absolute Gasteiger partial charge is 0.486 e. The summed E-state index contributed by atoms with van der Waals surface area (Å²) in [7, 11) is 0. The molecular formula is C23H30F4N2O5. The number of likely N-dealkylation sites (tertiary alicyclic amines) is 1. The lowest BCUT2D eigenvalue weighted by Gasteiger charge is -2.41. The van der Waals surface area contributed by atoms with Gasteiger partial charge in [-0.3, -0.25) is 9.59 Å². The fraction of sp³-hybridized carbons (Fsp3) is 0.609. The van der Waals surface area contributed by atoms with Crippen molar-refractivity contribution >= 4 is 24.0 Å². The predicted molar refractivity (Wildman–Crippen MR) is 116 cm³/mol. The summed E-state index contributed by atoms with van der Waals surface area (Å²) >= 11 is 0. The minimum Gasteiger partial charge on any atom is -0.486 e. The molecule has 0 bridgehead atoms. The quantitative estimate of drug-likeness (QED) is 0.412. The third-order valence-corrected chi connectivity index (χ3v) is 5.39. The van der Waals surface area contributed by atoms with E-state index in [0.717, 1.165) is 12.1 Å². The van der Waals surface area contributed by atoms with Crippen molar-refractivity contribution in [2.75, 3.05) is 31.1 Å². The van der Waals surface area contributed by atoms with Crippen LogP contribution in [0.25, 0.3) is 0 Å². The van der Waals surface area contributed by atoms with Crippen molar-refractivity contribution in [3.05, 3.63) is 23.5 Å². The molecule has 1 aliphatic heterocycles. The van der Waals surface area contributed by atoms with Crippen LogP contribution in [0.5, 0.6) is 5.75 Å². The molecule has 1 fully saturated rings. The van der Waals surface area contributed by atoms with Gasteiger partial charge in [0.05, 0.1) is 5.69 Å². The van der Waals surface area contributed by atoms with Gasteiger partial charge >= 0.3 is 12.3 Å². The number of carbonyl (C=O) groups excluding carboxylic acids is 3. The molecule has 0 atom stereocenters. The number of alkyl halides is 3. The number of anilines is 1.